The molecule has 10 heteroatoms. The summed E-state index contributed by atoms with van der Waals surface area (Å²) in [5.74, 6) is -1.56. The van der Waals surface area contributed by atoms with Crippen molar-refractivity contribution in [2.24, 2.45) is 0 Å². The first-order valence-electron chi connectivity index (χ1n) is 9.18. The van der Waals surface area contributed by atoms with E-state index in [0.717, 1.165) is 10.1 Å². The highest BCUT2D eigenvalue weighted by Gasteiger charge is 2.15. The van der Waals surface area contributed by atoms with Crippen LogP contribution in [0.1, 0.15) is 22.5 Å². The Balaban J connectivity index is 1.58. The number of nitrogens with zero attached hydrogens (tertiary/aromatic N) is 4. The van der Waals surface area contributed by atoms with Gasteiger partial charge in [-0.3, -0.25) is 14.4 Å². The van der Waals surface area contributed by atoms with E-state index in [1.807, 2.05) is 6.07 Å². The third-order valence-electron chi connectivity index (χ3n) is 4.33. The number of anilines is 1. The Morgan fingerprint density at radius 3 is 2.70 bits per heavy atom. The minimum Gasteiger partial charge on any atom is -0.323 e. The van der Waals surface area contributed by atoms with Gasteiger partial charge >= 0.3 is 0 Å². The number of hydrogen-bond donors (Lipinski definition) is 1. The number of aryl methyl sites for hydroxylation is 1. The fourth-order valence-corrected chi connectivity index (χ4v) is 2.82. The molecular formula is C20H19F2N5O3. The van der Waals surface area contributed by atoms with Gasteiger partial charge in [0.05, 0.1) is 24.8 Å². The summed E-state index contributed by atoms with van der Waals surface area (Å²) in [7, 11) is 0. The fraction of sp³-hybridized carbons (Fsp3) is 0.250. The summed E-state index contributed by atoms with van der Waals surface area (Å²) < 4.78 is 30.7. The van der Waals surface area contributed by atoms with Crippen LogP contribution in [0, 0.1) is 5.82 Å². The third-order valence-corrected chi connectivity index (χ3v) is 4.33. The number of nitrogens with one attached hydrogen (secondary N) is 1. The molecule has 156 valence electrons. The summed E-state index contributed by atoms with van der Waals surface area (Å²) in [6.07, 6.45) is 1.69. The Labute approximate surface area is 170 Å². The zero-order valence-corrected chi connectivity index (χ0v) is 15.9. The highest BCUT2D eigenvalue weighted by atomic mass is 19.1. The topological polar surface area (TPSA) is 98.9 Å². The average molecular weight is 415 g/mol. The summed E-state index contributed by atoms with van der Waals surface area (Å²) in [4.78, 5) is 34.8. The van der Waals surface area contributed by atoms with E-state index < -0.39 is 23.5 Å². The van der Waals surface area contributed by atoms with Crippen LogP contribution in [0.2, 0.25) is 0 Å². The van der Waals surface area contributed by atoms with E-state index in [1.54, 1.807) is 24.3 Å². The molecule has 0 aliphatic heterocycles. The zero-order chi connectivity index (χ0) is 21.5. The lowest BCUT2D eigenvalue weighted by Gasteiger charge is -2.12. The molecule has 0 saturated carbocycles. The van der Waals surface area contributed by atoms with Crippen LogP contribution in [0.5, 0.6) is 0 Å². The monoisotopic (exact) mass is 415 g/mol. The van der Waals surface area contributed by atoms with Gasteiger partial charge in [-0.05, 0) is 18.1 Å². The van der Waals surface area contributed by atoms with Crippen molar-refractivity contribution < 1.29 is 18.4 Å². The molecule has 3 aromatic rings. The van der Waals surface area contributed by atoms with Gasteiger partial charge in [0.15, 0.2) is 6.29 Å². The molecular weight excluding hydrogens is 396 g/mol. The normalized spacial score (nSPS) is 11.8. The standard InChI is InChI=1S/C20H19F2N5O3/c21-15(11-27-12-16(13-28)24-25-27)6-8-26-9-7-17(19(22)20(26)30)23-18(29)10-14-4-2-1-3-5-14/h1-5,7,9,12-13,15H,6,8,10-11H2,(H,23,29). The lowest BCUT2D eigenvalue weighted by atomic mass is 10.1. The maximum Gasteiger partial charge on any atom is 0.288 e. The van der Waals surface area contributed by atoms with Crippen LogP contribution < -0.4 is 10.9 Å². The van der Waals surface area contributed by atoms with Crippen LogP contribution in [0.4, 0.5) is 14.5 Å². The summed E-state index contributed by atoms with van der Waals surface area (Å²) in [5.41, 5.74) is -0.336. The lowest BCUT2D eigenvalue weighted by molar-refractivity contribution is -0.115. The molecule has 0 aliphatic carbocycles. The average Bonchev–Trinajstić information content (AvgIpc) is 3.19. The summed E-state index contributed by atoms with van der Waals surface area (Å²) in [6.45, 7) is -0.212. The number of hydrogen-bond acceptors (Lipinski definition) is 5. The number of rotatable bonds is 9. The van der Waals surface area contributed by atoms with Crippen LogP contribution in [0.15, 0.2) is 53.6 Å². The molecule has 1 N–H and O–H groups in total. The van der Waals surface area contributed by atoms with Crippen molar-refractivity contribution >= 4 is 17.9 Å². The maximum atomic E-state index is 14.4. The van der Waals surface area contributed by atoms with Gasteiger partial charge in [0.25, 0.3) is 5.56 Å². The van der Waals surface area contributed by atoms with Gasteiger partial charge < -0.3 is 9.88 Å². The SMILES string of the molecule is O=Cc1cn(CC(F)CCn2ccc(NC(=O)Cc3ccccc3)c(F)c2=O)nn1. The van der Waals surface area contributed by atoms with Gasteiger partial charge in [-0.2, -0.15) is 4.39 Å². The molecule has 0 bridgehead atoms. The van der Waals surface area contributed by atoms with Crippen molar-refractivity contribution in [1.29, 1.82) is 0 Å². The van der Waals surface area contributed by atoms with E-state index in [-0.39, 0.29) is 37.3 Å². The van der Waals surface area contributed by atoms with Gasteiger partial charge in [0.2, 0.25) is 11.7 Å². The summed E-state index contributed by atoms with van der Waals surface area (Å²) in [6, 6.07) is 10.2. The van der Waals surface area contributed by atoms with E-state index in [0.29, 0.717) is 6.29 Å². The molecule has 30 heavy (non-hydrogen) atoms. The number of aromatic nitrogens is 4. The fourth-order valence-electron chi connectivity index (χ4n) is 2.82. The number of amides is 1. The Kier molecular flexibility index (Phi) is 6.79. The van der Waals surface area contributed by atoms with Crippen LogP contribution in [-0.4, -0.2) is 37.9 Å². The van der Waals surface area contributed by atoms with Crippen molar-refractivity contribution in [2.75, 3.05) is 5.32 Å². The molecule has 2 aromatic heterocycles. The number of alkyl halides is 1. The number of carbonyl (C=O) groups excluding carboxylic acids is 2. The van der Waals surface area contributed by atoms with E-state index in [9.17, 15) is 23.2 Å². The van der Waals surface area contributed by atoms with Gasteiger partial charge in [-0.1, -0.05) is 35.5 Å². The van der Waals surface area contributed by atoms with E-state index in [1.165, 1.54) is 23.1 Å². The quantitative estimate of drug-likeness (QED) is 0.539. The lowest BCUT2D eigenvalue weighted by Crippen LogP contribution is -2.27. The largest absolute Gasteiger partial charge is 0.323 e. The first-order chi connectivity index (χ1) is 14.5. The Hall–Kier alpha value is -3.69. The zero-order valence-electron chi connectivity index (χ0n) is 15.9. The molecule has 0 fully saturated rings. The first-order valence-corrected chi connectivity index (χ1v) is 9.18. The van der Waals surface area contributed by atoms with Crippen molar-refractivity contribution in [3.8, 4) is 0 Å². The number of halogens is 2. The Bertz CT molecular complexity index is 1080. The molecule has 0 spiro atoms. The van der Waals surface area contributed by atoms with Gasteiger partial charge in [-0.25, -0.2) is 9.07 Å². The third kappa shape index (κ3) is 5.43. The van der Waals surface area contributed by atoms with E-state index in [4.69, 9.17) is 0 Å². The molecule has 0 aliphatic rings. The molecule has 2 heterocycles. The van der Waals surface area contributed by atoms with Gasteiger partial charge in [-0.15, -0.1) is 5.10 Å². The second-order valence-electron chi connectivity index (χ2n) is 6.62. The second kappa shape index (κ2) is 9.68. The smallest absolute Gasteiger partial charge is 0.288 e. The predicted molar refractivity (Wildman–Crippen MR) is 104 cm³/mol. The predicted octanol–water partition coefficient (Wildman–Crippen LogP) is 2.00. The van der Waals surface area contributed by atoms with Crippen LogP contribution in [0.25, 0.3) is 0 Å². The molecule has 0 radical (unpaired) electrons. The number of carbonyl (C=O) groups is 2. The van der Waals surface area contributed by atoms with E-state index in [2.05, 4.69) is 15.6 Å². The molecule has 0 saturated heterocycles. The highest BCUT2D eigenvalue weighted by molar-refractivity contribution is 5.92. The molecule has 1 atom stereocenters. The minimum atomic E-state index is -1.38. The van der Waals surface area contributed by atoms with Crippen LogP contribution in [-0.2, 0) is 24.3 Å². The molecule has 8 nitrogen and oxygen atoms in total. The number of benzene rings is 1. The van der Waals surface area contributed by atoms with Crippen molar-refractivity contribution in [3.63, 3.8) is 0 Å². The van der Waals surface area contributed by atoms with Crippen molar-refractivity contribution in [2.45, 2.75) is 32.1 Å². The number of aldehydes is 1. The number of pyridine rings is 1. The van der Waals surface area contributed by atoms with Gasteiger partial charge in [0, 0.05) is 12.7 Å². The Morgan fingerprint density at radius 2 is 2.00 bits per heavy atom. The Morgan fingerprint density at radius 1 is 1.23 bits per heavy atom. The maximum absolute atomic E-state index is 14.4. The second-order valence-corrected chi connectivity index (χ2v) is 6.62. The first kappa shape index (κ1) is 21.0. The van der Waals surface area contributed by atoms with Crippen LogP contribution in [0.3, 0.4) is 0 Å². The molecule has 1 aromatic carbocycles. The van der Waals surface area contributed by atoms with Crippen LogP contribution >= 0.6 is 0 Å². The highest BCUT2D eigenvalue weighted by Crippen LogP contribution is 2.11. The van der Waals surface area contributed by atoms with Crippen molar-refractivity contribution in [1.82, 2.24) is 19.6 Å². The van der Waals surface area contributed by atoms with Crippen molar-refractivity contribution in [3.05, 3.63) is 76.2 Å². The molecule has 1 amide bonds. The minimum absolute atomic E-state index is 0.0427. The molecule has 3 rings (SSSR count). The van der Waals surface area contributed by atoms with Gasteiger partial charge in [0.1, 0.15) is 11.9 Å². The summed E-state index contributed by atoms with van der Waals surface area (Å²) >= 11 is 0. The molecule has 1 unspecified atom stereocenters. The summed E-state index contributed by atoms with van der Waals surface area (Å²) in [5, 5.41) is 9.52. The van der Waals surface area contributed by atoms with E-state index >= 15 is 0 Å².